The maximum absolute atomic E-state index is 11.9. The molecule has 9 nitrogen and oxygen atoms in total. The molecule has 1 fully saturated rings. The molecular formula is C20H29N7O2. The number of carbonyl (C=O) groups excluding carboxylic acids is 1. The molecule has 29 heavy (non-hydrogen) atoms. The van der Waals surface area contributed by atoms with Crippen molar-refractivity contribution in [3.8, 4) is 0 Å². The zero-order valence-electron chi connectivity index (χ0n) is 16.9. The van der Waals surface area contributed by atoms with Gasteiger partial charge in [0.1, 0.15) is 5.76 Å². The van der Waals surface area contributed by atoms with E-state index in [1.54, 1.807) is 0 Å². The Balaban J connectivity index is 1.40. The molecule has 3 heterocycles. The Morgan fingerprint density at radius 3 is 3.07 bits per heavy atom. The van der Waals surface area contributed by atoms with Gasteiger partial charge in [0, 0.05) is 37.3 Å². The van der Waals surface area contributed by atoms with E-state index in [0.29, 0.717) is 25.0 Å². The van der Waals surface area contributed by atoms with Crippen molar-refractivity contribution in [2.24, 2.45) is 27.7 Å². The second-order valence-corrected chi connectivity index (χ2v) is 7.68. The van der Waals surface area contributed by atoms with Gasteiger partial charge in [-0.3, -0.25) is 4.79 Å². The summed E-state index contributed by atoms with van der Waals surface area (Å²) in [6, 6.07) is -0.236. The molecule has 4 unspecified atom stereocenters. The summed E-state index contributed by atoms with van der Waals surface area (Å²) in [4.78, 5) is 22.9. The molecule has 0 spiro atoms. The number of hydrogen-bond acceptors (Lipinski definition) is 8. The van der Waals surface area contributed by atoms with E-state index in [1.165, 1.54) is 5.01 Å². The predicted octanol–water partition coefficient (Wildman–Crippen LogP) is 0.654. The van der Waals surface area contributed by atoms with Crippen LogP contribution < -0.4 is 16.5 Å². The first-order chi connectivity index (χ1) is 14.1. The lowest BCUT2D eigenvalue weighted by Gasteiger charge is -2.36. The Hall–Kier alpha value is -2.65. The van der Waals surface area contributed by atoms with Crippen molar-refractivity contribution in [2.75, 3.05) is 19.6 Å². The van der Waals surface area contributed by atoms with Gasteiger partial charge in [-0.15, -0.1) is 0 Å². The molecule has 4 atom stereocenters. The van der Waals surface area contributed by atoms with Crippen molar-refractivity contribution in [3.63, 3.8) is 0 Å². The molecule has 3 aliphatic heterocycles. The SMILES string of the molecule is CCC1C=NC(N(N)C2=CC(C3=CNC(N4CCNC(=O)C4C)O3)CC=C2)=NC1. The first kappa shape index (κ1) is 19.7. The highest BCUT2D eigenvalue weighted by Gasteiger charge is 2.35. The molecule has 4 aliphatic rings. The quantitative estimate of drug-likeness (QED) is 0.473. The molecule has 4 rings (SSSR count). The van der Waals surface area contributed by atoms with E-state index < -0.39 is 0 Å². The fraction of sp³-hybridized carbons (Fsp3) is 0.550. The highest BCUT2D eigenvalue weighted by atomic mass is 16.5. The molecule has 4 N–H and O–H groups in total. The third kappa shape index (κ3) is 4.06. The van der Waals surface area contributed by atoms with Gasteiger partial charge >= 0.3 is 0 Å². The average Bonchev–Trinajstić information content (AvgIpc) is 3.25. The fourth-order valence-corrected chi connectivity index (χ4v) is 3.80. The van der Waals surface area contributed by atoms with E-state index >= 15 is 0 Å². The minimum Gasteiger partial charge on any atom is -0.459 e. The van der Waals surface area contributed by atoms with Crippen LogP contribution in [0.5, 0.6) is 0 Å². The van der Waals surface area contributed by atoms with E-state index in [0.717, 1.165) is 30.8 Å². The minimum absolute atomic E-state index is 0.0239. The van der Waals surface area contributed by atoms with E-state index in [-0.39, 0.29) is 24.2 Å². The summed E-state index contributed by atoms with van der Waals surface area (Å²) in [6.45, 7) is 6.09. The van der Waals surface area contributed by atoms with Crippen LogP contribution in [0.2, 0.25) is 0 Å². The number of nitrogens with two attached hydrogens (primary N) is 1. The zero-order valence-corrected chi connectivity index (χ0v) is 16.9. The Morgan fingerprint density at radius 1 is 1.45 bits per heavy atom. The van der Waals surface area contributed by atoms with Gasteiger partial charge in [0.25, 0.3) is 0 Å². The summed E-state index contributed by atoms with van der Waals surface area (Å²) in [7, 11) is 0. The Morgan fingerprint density at radius 2 is 2.31 bits per heavy atom. The second kappa shape index (κ2) is 8.38. The van der Waals surface area contributed by atoms with E-state index in [1.807, 2.05) is 30.3 Å². The van der Waals surface area contributed by atoms with Crippen molar-refractivity contribution in [2.45, 2.75) is 39.1 Å². The Kier molecular flexibility index (Phi) is 5.68. The smallest absolute Gasteiger partial charge is 0.239 e. The molecule has 0 aromatic heterocycles. The van der Waals surface area contributed by atoms with Crippen molar-refractivity contribution in [1.82, 2.24) is 20.5 Å². The first-order valence-corrected chi connectivity index (χ1v) is 10.2. The third-order valence-corrected chi connectivity index (χ3v) is 5.77. The van der Waals surface area contributed by atoms with Gasteiger partial charge in [-0.05, 0) is 31.9 Å². The minimum atomic E-state index is -0.332. The Labute approximate surface area is 171 Å². The van der Waals surface area contributed by atoms with E-state index in [9.17, 15) is 4.79 Å². The van der Waals surface area contributed by atoms with E-state index in [2.05, 4.69) is 39.7 Å². The maximum Gasteiger partial charge on any atom is 0.239 e. The van der Waals surface area contributed by atoms with Crippen molar-refractivity contribution >= 4 is 18.1 Å². The zero-order chi connectivity index (χ0) is 20.4. The summed E-state index contributed by atoms with van der Waals surface area (Å²) in [5, 5.41) is 7.66. The number of nitrogens with zero attached hydrogens (tertiary/aromatic N) is 4. The normalized spacial score (nSPS) is 32.0. The number of piperazine rings is 1. The largest absolute Gasteiger partial charge is 0.459 e. The van der Waals surface area contributed by atoms with Crippen LogP contribution in [0.4, 0.5) is 0 Å². The summed E-state index contributed by atoms with van der Waals surface area (Å²) < 4.78 is 6.16. The van der Waals surface area contributed by atoms with Crippen LogP contribution in [0.1, 0.15) is 26.7 Å². The number of rotatable bonds is 4. The molecule has 0 aromatic rings. The van der Waals surface area contributed by atoms with Gasteiger partial charge in [-0.1, -0.05) is 13.0 Å². The Bertz CT molecular complexity index is 801. The lowest BCUT2D eigenvalue weighted by Crippen LogP contribution is -2.59. The molecule has 156 valence electrons. The first-order valence-electron chi connectivity index (χ1n) is 10.2. The average molecular weight is 399 g/mol. The standard InChI is InChI=1S/C20H29N7O2/c1-3-14-10-23-19(24-11-14)27(21)16-6-4-5-15(9-16)17-12-25-20(29-17)26-8-7-22-18(28)13(26)2/h4,6,9-10,12-15,20,25H,3,5,7-8,11,21H2,1-2H3,(H,22,28). The van der Waals surface area contributed by atoms with Crippen LogP contribution in [0, 0.1) is 11.8 Å². The summed E-state index contributed by atoms with van der Waals surface area (Å²) in [5.41, 5.74) is 0.839. The van der Waals surface area contributed by atoms with Gasteiger partial charge < -0.3 is 15.4 Å². The molecular weight excluding hydrogens is 370 g/mol. The van der Waals surface area contributed by atoms with Crippen molar-refractivity contribution in [1.29, 1.82) is 0 Å². The van der Waals surface area contributed by atoms with E-state index in [4.69, 9.17) is 10.6 Å². The molecule has 0 radical (unpaired) electrons. The van der Waals surface area contributed by atoms with Crippen molar-refractivity contribution in [3.05, 3.63) is 35.9 Å². The van der Waals surface area contributed by atoms with Crippen LogP contribution in [0.15, 0.2) is 45.9 Å². The number of nitrogens with one attached hydrogen (secondary N) is 2. The molecule has 1 amide bonds. The number of carbonyl (C=O) groups is 1. The van der Waals surface area contributed by atoms with Crippen LogP contribution in [0.25, 0.3) is 0 Å². The molecule has 1 saturated heterocycles. The van der Waals surface area contributed by atoms with Crippen LogP contribution >= 0.6 is 0 Å². The molecule has 1 aliphatic carbocycles. The number of aliphatic imine (C=N–C) groups is 2. The topological polar surface area (TPSA) is 108 Å². The molecule has 0 bridgehead atoms. The fourth-order valence-electron chi connectivity index (χ4n) is 3.80. The number of amides is 1. The number of hydrogen-bond donors (Lipinski definition) is 3. The number of allylic oxidation sites excluding steroid dienone is 3. The molecule has 9 heteroatoms. The van der Waals surface area contributed by atoms with Crippen molar-refractivity contribution < 1.29 is 9.53 Å². The van der Waals surface area contributed by atoms with Crippen LogP contribution in [-0.2, 0) is 9.53 Å². The monoisotopic (exact) mass is 399 g/mol. The number of hydrazine groups is 1. The predicted molar refractivity (Wildman–Crippen MR) is 111 cm³/mol. The van der Waals surface area contributed by atoms with Gasteiger partial charge in [0.05, 0.1) is 18.3 Å². The van der Waals surface area contributed by atoms with Crippen LogP contribution in [0.3, 0.4) is 0 Å². The lowest BCUT2D eigenvalue weighted by molar-refractivity contribution is -0.136. The van der Waals surface area contributed by atoms with Gasteiger partial charge in [-0.25, -0.2) is 25.7 Å². The van der Waals surface area contributed by atoms with Gasteiger partial charge in [0.15, 0.2) is 0 Å². The third-order valence-electron chi connectivity index (χ3n) is 5.77. The number of ether oxygens (including phenoxy) is 1. The summed E-state index contributed by atoms with van der Waals surface area (Å²) in [6.07, 6.45) is 11.5. The van der Waals surface area contributed by atoms with Gasteiger partial charge in [0.2, 0.25) is 18.2 Å². The molecule has 0 saturated carbocycles. The summed E-state index contributed by atoms with van der Waals surface area (Å²) in [5.74, 6) is 8.12. The number of guanidine groups is 1. The van der Waals surface area contributed by atoms with Crippen LogP contribution in [-0.4, -0.2) is 60.0 Å². The molecule has 0 aromatic carbocycles. The summed E-state index contributed by atoms with van der Waals surface area (Å²) >= 11 is 0. The lowest BCUT2D eigenvalue weighted by atomic mass is 9.97. The highest BCUT2D eigenvalue weighted by Crippen LogP contribution is 2.29. The second-order valence-electron chi connectivity index (χ2n) is 7.68. The highest BCUT2D eigenvalue weighted by molar-refractivity contribution is 5.91. The maximum atomic E-state index is 11.9. The van der Waals surface area contributed by atoms with Gasteiger partial charge in [-0.2, -0.15) is 0 Å².